The SMILES string of the molecule is CCNC(=NCc1ccccc1)NCC(O)COC(C)c1ccccc1.I. The van der Waals surface area contributed by atoms with Crippen LogP contribution < -0.4 is 10.6 Å². The van der Waals surface area contributed by atoms with Crippen molar-refractivity contribution in [2.24, 2.45) is 4.99 Å². The molecule has 2 aromatic carbocycles. The predicted molar refractivity (Wildman–Crippen MR) is 121 cm³/mol. The Morgan fingerprint density at radius 2 is 1.67 bits per heavy atom. The number of hydrogen-bond donors (Lipinski definition) is 3. The lowest BCUT2D eigenvalue weighted by atomic mass is 10.1. The van der Waals surface area contributed by atoms with Gasteiger partial charge in [0.25, 0.3) is 0 Å². The van der Waals surface area contributed by atoms with Crippen molar-refractivity contribution in [2.45, 2.75) is 32.6 Å². The minimum Gasteiger partial charge on any atom is -0.389 e. The number of hydrogen-bond acceptors (Lipinski definition) is 3. The van der Waals surface area contributed by atoms with E-state index in [9.17, 15) is 5.11 Å². The number of ether oxygens (including phenoxy) is 1. The van der Waals surface area contributed by atoms with Crippen LogP contribution in [-0.2, 0) is 11.3 Å². The lowest BCUT2D eigenvalue weighted by Gasteiger charge is -2.18. The molecule has 0 bridgehead atoms. The molecule has 3 N–H and O–H groups in total. The van der Waals surface area contributed by atoms with Crippen LogP contribution in [0.3, 0.4) is 0 Å². The van der Waals surface area contributed by atoms with Crippen LogP contribution in [0.25, 0.3) is 0 Å². The third-order valence-electron chi connectivity index (χ3n) is 3.92. The van der Waals surface area contributed by atoms with E-state index in [-0.39, 0.29) is 36.7 Å². The van der Waals surface area contributed by atoms with Crippen molar-refractivity contribution in [3.8, 4) is 0 Å². The summed E-state index contributed by atoms with van der Waals surface area (Å²) in [7, 11) is 0. The fraction of sp³-hybridized carbons (Fsp3) is 0.381. The van der Waals surface area contributed by atoms with Gasteiger partial charge in [-0.3, -0.25) is 0 Å². The average molecular weight is 483 g/mol. The number of halogens is 1. The standard InChI is InChI=1S/C21H29N3O2.HI/c1-3-22-21(23-14-18-10-6-4-7-11-18)24-15-20(25)16-26-17(2)19-12-8-5-9-13-19;/h4-13,17,20,25H,3,14-16H2,1-2H3,(H2,22,23,24);1H. The first-order chi connectivity index (χ1) is 12.7. The lowest BCUT2D eigenvalue weighted by molar-refractivity contribution is -0.000599. The highest BCUT2D eigenvalue weighted by molar-refractivity contribution is 14.0. The Morgan fingerprint density at radius 3 is 2.30 bits per heavy atom. The van der Waals surface area contributed by atoms with E-state index in [2.05, 4.69) is 15.6 Å². The Hall–Kier alpha value is -1.64. The van der Waals surface area contributed by atoms with Crippen LogP contribution in [0.5, 0.6) is 0 Å². The van der Waals surface area contributed by atoms with Crippen molar-refractivity contribution >= 4 is 29.9 Å². The Labute approximate surface area is 179 Å². The monoisotopic (exact) mass is 483 g/mol. The fourth-order valence-corrected chi connectivity index (χ4v) is 2.44. The summed E-state index contributed by atoms with van der Waals surface area (Å²) in [4.78, 5) is 4.54. The van der Waals surface area contributed by atoms with Gasteiger partial charge in [0.1, 0.15) is 0 Å². The molecule has 0 aliphatic heterocycles. The minimum absolute atomic E-state index is 0. The first-order valence-electron chi connectivity index (χ1n) is 9.09. The van der Waals surface area contributed by atoms with Gasteiger partial charge in [-0.2, -0.15) is 0 Å². The van der Waals surface area contributed by atoms with Crippen LogP contribution in [0.1, 0.15) is 31.1 Å². The smallest absolute Gasteiger partial charge is 0.191 e. The summed E-state index contributed by atoms with van der Waals surface area (Å²) in [5, 5.41) is 16.5. The summed E-state index contributed by atoms with van der Waals surface area (Å²) in [6.45, 7) is 6.00. The Morgan fingerprint density at radius 1 is 1.04 bits per heavy atom. The first kappa shape index (κ1) is 23.4. The number of aliphatic hydroxyl groups is 1. The normalized spacial score (nSPS) is 13.4. The van der Waals surface area contributed by atoms with Gasteiger partial charge in [0.15, 0.2) is 5.96 Å². The molecule has 2 rings (SSSR count). The summed E-state index contributed by atoms with van der Waals surface area (Å²) >= 11 is 0. The van der Waals surface area contributed by atoms with Gasteiger partial charge in [-0.1, -0.05) is 60.7 Å². The van der Waals surface area contributed by atoms with Gasteiger partial charge < -0.3 is 20.5 Å². The summed E-state index contributed by atoms with van der Waals surface area (Å²) in [6.07, 6.45) is -0.660. The summed E-state index contributed by atoms with van der Waals surface area (Å²) in [5.74, 6) is 0.687. The van der Waals surface area contributed by atoms with Gasteiger partial charge in [-0.15, -0.1) is 24.0 Å². The van der Waals surface area contributed by atoms with Crippen LogP contribution in [0.4, 0.5) is 0 Å². The van der Waals surface area contributed by atoms with Gasteiger partial charge >= 0.3 is 0 Å². The largest absolute Gasteiger partial charge is 0.389 e. The van der Waals surface area contributed by atoms with E-state index in [1.165, 1.54) is 0 Å². The van der Waals surface area contributed by atoms with Gasteiger partial charge in [0, 0.05) is 13.1 Å². The first-order valence-corrected chi connectivity index (χ1v) is 9.09. The molecular weight excluding hydrogens is 453 g/mol. The molecule has 6 heteroatoms. The van der Waals surface area contributed by atoms with Crippen molar-refractivity contribution in [2.75, 3.05) is 19.7 Å². The number of nitrogens with one attached hydrogen (secondary N) is 2. The predicted octanol–water partition coefficient (Wildman–Crippen LogP) is 3.50. The van der Waals surface area contributed by atoms with Gasteiger partial charge in [-0.05, 0) is 25.0 Å². The van der Waals surface area contributed by atoms with Gasteiger partial charge in [0.2, 0.25) is 0 Å². The van der Waals surface area contributed by atoms with E-state index < -0.39 is 6.10 Å². The topological polar surface area (TPSA) is 65.9 Å². The van der Waals surface area contributed by atoms with Crippen LogP contribution in [0.2, 0.25) is 0 Å². The molecule has 0 aliphatic carbocycles. The third-order valence-corrected chi connectivity index (χ3v) is 3.92. The van der Waals surface area contributed by atoms with Crippen LogP contribution in [0.15, 0.2) is 65.7 Å². The molecule has 0 fully saturated rings. The van der Waals surface area contributed by atoms with E-state index in [4.69, 9.17) is 4.74 Å². The van der Waals surface area contributed by atoms with Crippen LogP contribution in [-0.4, -0.2) is 36.9 Å². The van der Waals surface area contributed by atoms with Gasteiger partial charge in [-0.25, -0.2) is 4.99 Å². The third kappa shape index (κ3) is 9.21. The van der Waals surface area contributed by atoms with E-state index in [0.717, 1.165) is 17.7 Å². The van der Waals surface area contributed by atoms with Crippen LogP contribution >= 0.6 is 24.0 Å². The molecule has 0 heterocycles. The number of benzene rings is 2. The molecule has 27 heavy (non-hydrogen) atoms. The maximum Gasteiger partial charge on any atom is 0.191 e. The second kappa shape index (κ2) is 13.5. The van der Waals surface area contributed by atoms with Crippen molar-refractivity contribution in [1.29, 1.82) is 0 Å². The molecule has 0 saturated carbocycles. The second-order valence-corrected chi connectivity index (χ2v) is 6.10. The number of rotatable bonds is 9. The van der Waals surface area contributed by atoms with Gasteiger partial charge in [0.05, 0.1) is 25.4 Å². The molecule has 2 unspecified atom stereocenters. The Kier molecular flexibility index (Phi) is 11.7. The molecule has 5 nitrogen and oxygen atoms in total. The fourth-order valence-electron chi connectivity index (χ4n) is 2.44. The maximum atomic E-state index is 10.2. The summed E-state index contributed by atoms with van der Waals surface area (Å²) < 4.78 is 5.76. The van der Waals surface area contributed by atoms with E-state index in [1.807, 2.05) is 74.5 Å². The molecule has 2 atom stereocenters. The average Bonchev–Trinajstić information content (AvgIpc) is 2.69. The molecule has 0 spiro atoms. The number of aliphatic hydroxyl groups excluding tert-OH is 1. The molecular formula is C21H30IN3O2. The quantitative estimate of drug-likeness (QED) is 0.290. The highest BCUT2D eigenvalue weighted by Crippen LogP contribution is 2.15. The summed E-state index contributed by atoms with van der Waals surface area (Å²) in [6, 6.07) is 20.1. The molecule has 2 aromatic rings. The second-order valence-electron chi connectivity index (χ2n) is 6.10. The number of guanidine groups is 1. The molecule has 0 radical (unpaired) electrons. The molecule has 0 amide bonds. The van der Waals surface area contributed by atoms with E-state index >= 15 is 0 Å². The van der Waals surface area contributed by atoms with Crippen molar-refractivity contribution < 1.29 is 9.84 Å². The zero-order valence-electron chi connectivity index (χ0n) is 16.0. The Bertz CT molecular complexity index is 653. The van der Waals surface area contributed by atoms with Crippen molar-refractivity contribution in [3.63, 3.8) is 0 Å². The highest BCUT2D eigenvalue weighted by atomic mass is 127. The number of nitrogens with zero attached hydrogens (tertiary/aromatic N) is 1. The molecule has 0 aromatic heterocycles. The summed E-state index contributed by atoms with van der Waals surface area (Å²) in [5.41, 5.74) is 2.25. The lowest BCUT2D eigenvalue weighted by Crippen LogP contribution is -2.42. The van der Waals surface area contributed by atoms with Crippen molar-refractivity contribution in [1.82, 2.24) is 10.6 Å². The maximum absolute atomic E-state index is 10.2. The van der Waals surface area contributed by atoms with Crippen LogP contribution in [0, 0.1) is 0 Å². The van der Waals surface area contributed by atoms with E-state index in [0.29, 0.717) is 19.0 Å². The van der Waals surface area contributed by atoms with E-state index in [1.54, 1.807) is 0 Å². The number of aliphatic imine (C=N–C) groups is 1. The Balaban J connectivity index is 0.00000364. The zero-order chi connectivity index (χ0) is 18.6. The molecule has 0 aliphatic rings. The van der Waals surface area contributed by atoms with Crippen molar-refractivity contribution in [3.05, 3.63) is 71.8 Å². The molecule has 148 valence electrons. The molecule has 0 saturated heterocycles. The minimum atomic E-state index is -0.609. The zero-order valence-corrected chi connectivity index (χ0v) is 18.3. The highest BCUT2D eigenvalue weighted by Gasteiger charge is 2.10.